The van der Waals surface area contributed by atoms with E-state index in [0.717, 1.165) is 38.2 Å². The summed E-state index contributed by atoms with van der Waals surface area (Å²) in [6.45, 7) is 8.12. The lowest BCUT2D eigenvalue weighted by Gasteiger charge is -2.19. The van der Waals surface area contributed by atoms with Gasteiger partial charge in [-0.05, 0) is 64.1 Å². The normalized spacial score (nSPS) is 16.2. The average molecular weight is 291 g/mol. The third-order valence-electron chi connectivity index (χ3n) is 4.14. The molecule has 0 amide bonds. The average Bonchev–Trinajstić information content (AvgIpc) is 3.34. The smallest absolute Gasteiger partial charge is 0.157 e. The van der Waals surface area contributed by atoms with Gasteiger partial charge in [0.2, 0.25) is 0 Å². The second-order valence-electron chi connectivity index (χ2n) is 5.73. The van der Waals surface area contributed by atoms with E-state index in [4.69, 9.17) is 14.7 Å². The van der Waals surface area contributed by atoms with E-state index in [1.165, 1.54) is 29.8 Å². The molecule has 1 unspecified atom stereocenters. The summed E-state index contributed by atoms with van der Waals surface area (Å²) >= 11 is 0. The molecule has 1 atom stereocenters. The van der Waals surface area contributed by atoms with Gasteiger partial charge in [-0.3, -0.25) is 0 Å². The van der Waals surface area contributed by atoms with Gasteiger partial charge >= 0.3 is 0 Å². The van der Waals surface area contributed by atoms with Gasteiger partial charge < -0.3 is 10.1 Å². The van der Waals surface area contributed by atoms with Crippen molar-refractivity contribution in [2.75, 3.05) is 20.2 Å². The monoisotopic (exact) mass is 291 g/mol. The van der Waals surface area contributed by atoms with Crippen LogP contribution in [-0.4, -0.2) is 30.2 Å². The van der Waals surface area contributed by atoms with Crippen LogP contribution in [0, 0.1) is 5.92 Å². The van der Waals surface area contributed by atoms with Gasteiger partial charge in [0.1, 0.15) is 6.10 Å². The molecule has 4 nitrogen and oxygen atoms in total. The molecule has 1 aromatic heterocycles. The SMILES string of the molecule is CCOC(c1nc(CC)c(CCNC)c(CC)n1)C1CC1. The Kier molecular flexibility index (Phi) is 6.12. The van der Waals surface area contributed by atoms with Crippen LogP contribution in [0.2, 0.25) is 0 Å². The zero-order valence-corrected chi connectivity index (χ0v) is 13.9. The molecule has 0 saturated heterocycles. The fraction of sp³-hybridized carbons (Fsp3) is 0.765. The van der Waals surface area contributed by atoms with Crippen molar-refractivity contribution in [3.05, 3.63) is 22.8 Å². The van der Waals surface area contributed by atoms with Crippen LogP contribution in [0.5, 0.6) is 0 Å². The van der Waals surface area contributed by atoms with Crippen LogP contribution < -0.4 is 5.32 Å². The maximum atomic E-state index is 5.93. The van der Waals surface area contributed by atoms with Crippen LogP contribution in [0.15, 0.2) is 0 Å². The highest BCUT2D eigenvalue weighted by atomic mass is 16.5. The number of likely N-dealkylation sites (N-methyl/N-ethyl adjacent to an activating group) is 1. The Morgan fingerprint density at radius 2 is 1.76 bits per heavy atom. The molecule has 1 heterocycles. The minimum absolute atomic E-state index is 0.101. The van der Waals surface area contributed by atoms with E-state index >= 15 is 0 Å². The van der Waals surface area contributed by atoms with Crippen molar-refractivity contribution in [2.24, 2.45) is 5.92 Å². The van der Waals surface area contributed by atoms with E-state index in [1.54, 1.807) is 0 Å². The Hall–Kier alpha value is -1.00. The number of hydrogen-bond acceptors (Lipinski definition) is 4. The predicted octanol–water partition coefficient (Wildman–Crippen LogP) is 2.85. The standard InChI is InChI=1S/C17H29N3O/c1-5-14-13(10-11-18-4)15(6-2)20-17(19-14)16(21-7-3)12-8-9-12/h12,16,18H,5-11H2,1-4H3. The molecule has 0 bridgehead atoms. The Bertz CT molecular complexity index is 432. The molecule has 2 rings (SSSR count). The first-order chi connectivity index (χ1) is 10.2. The first-order valence-corrected chi connectivity index (χ1v) is 8.39. The van der Waals surface area contributed by atoms with E-state index in [2.05, 4.69) is 26.1 Å². The summed E-state index contributed by atoms with van der Waals surface area (Å²) < 4.78 is 5.93. The number of nitrogens with one attached hydrogen (secondary N) is 1. The maximum Gasteiger partial charge on any atom is 0.157 e. The van der Waals surface area contributed by atoms with E-state index in [0.29, 0.717) is 5.92 Å². The molecule has 0 aromatic carbocycles. The van der Waals surface area contributed by atoms with Crippen molar-refractivity contribution >= 4 is 0 Å². The molecular formula is C17H29N3O. The molecule has 0 spiro atoms. The lowest BCUT2D eigenvalue weighted by Crippen LogP contribution is -2.18. The lowest BCUT2D eigenvalue weighted by molar-refractivity contribution is 0.0397. The summed E-state index contributed by atoms with van der Waals surface area (Å²) in [7, 11) is 1.99. The molecular weight excluding hydrogens is 262 g/mol. The second kappa shape index (κ2) is 7.85. The van der Waals surface area contributed by atoms with Gasteiger partial charge in [-0.1, -0.05) is 13.8 Å². The van der Waals surface area contributed by atoms with Crippen molar-refractivity contribution in [1.82, 2.24) is 15.3 Å². The zero-order chi connectivity index (χ0) is 15.2. The molecule has 1 aromatic rings. The fourth-order valence-electron chi connectivity index (χ4n) is 2.85. The first kappa shape index (κ1) is 16.4. The summed E-state index contributed by atoms with van der Waals surface area (Å²) in [4.78, 5) is 9.74. The van der Waals surface area contributed by atoms with Crippen molar-refractivity contribution in [1.29, 1.82) is 0 Å². The number of aryl methyl sites for hydroxylation is 2. The molecule has 1 saturated carbocycles. The Morgan fingerprint density at radius 1 is 1.14 bits per heavy atom. The molecule has 1 N–H and O–H groups in total. The minimum atomic E-state index is 0.101. The predicted molar refractivity (Wildman–Crippen MR) is 85.5 cm³/mol. The molecule has 118 valence electrons. The van der Waals surface area contributed by atoms with Gasteiger partial charge in [-0.25, -0.2) is 9.97 Å². The summed E-state index contributed by atoms with van der Waals surface area (Å²) in [6, 6.07) is 0. The number of ether oxygens (including phenoxy) is 1. The topological polar surface area (TPSA) is 47.0 Å². The molecule has 0 radical (unpaired) electrons. The second-order valence-corrected chi connectivity index (χ2v) is 5.73. The molecule has 1 aliphatic rings. The quantitative estimate of drug-likeness (QED) is 0.760. The first-order valence-electron chi connectivity index (χ1n) is 8.39. The highest BCUT2D eigenvalue weighted by molar-refractivity contribution is 5.28. The van der Waals surface area contributed by atoms with Crippen molar-refractivity contribution in [2.45, 2.75) is 59.0 Å². The van der Waals surface area contributed by atoms with Crippen LogP contribution >= 0.6 is 0 Å². The Balaban J connectivity index is 2.33. The molecule has 21 heavy (non-hydrogen) atoms. The van der Waals surface area contributed by atoms with Crippen LogP contribution in [0.4, 0.5) is 0 Å². The van der Waals surface area contributed by atoms with E-state index in [1.807, 2.05) is 7.05 Å². The zero-order valence-electron chi connectivity index (χ0n) is 13.9. The number of rotatable bonds is 9. The van der Waals surface area contributed by atoms with Crippen LogP contribution in [0.25, 0.3) is 0 Å². The molecule has 1 aliphatic carbocycles. The van der Waals surface area contributed by atoms with Crippen molar-refractivity contribution in [3.8, 4) is 0 Å². The minimum Gasteiger partial charge on any atom is -0.370 e. The summed E-state index contributed by atoms with van der Waals surface area (Å²) in [5, 5.41) is 3.22. The summed E-state index contributed by atoms with van der Waals surface area (Å²) in [5.74, 6) is 1.55. The third kappa shape index (κ3) is 4.01. The Labute approximate surface area is 128 Å². The van der Waals surface area contributed by atoms with Crippen molar-refractivity contribution < 1.29 is 4.74 Å². The number of aromatic nitrogens is 2. The van der Waals surface area contributed by atoms with Gasteiger partial charge in [0.25, 0.3) is 0 Å². The van der Waals surface area contributed by atoms with Gasteiger partial charge in [-0.15, -0.1) is 0 Å². The van der Waals surface area contributed by atoms with Gasteiger partial charge in [0.15, 0.2) is 5.82 Å². The third-order valence-corrected chi connectivity index (χ3v) is 4.14. The number of nitrogens with zero attached hydrogens (tertiary/aromatic N) is 2. The number of hydrogen-bond donors (Lipinski definition) is 1. The van der Waals surface area contributed by atoms with Crippen LogP contribution in [0.3, 0.4) is 0 Å². The van der Waals surface area contributed by atoms with E-state index < -0.39 is 0 Å². The summed E-state index contributed by atoms with van der Waals surface area (Å²) in [6.07, 6.45) is 5.53. The largest absolute Gasteiger partial charge is 0.370 e. The Morgan fingerprint density at radius 3 is 2.19 bits per heavy atom. The van der Waals surface area contributed by atoms with Gasteiger partial charge in [0, 0.05) is 18.0 Å². The van der Waals surface area contributed by atoms with Crippen LogP contribution in [-0.2, 0) is 24.0 Å². The highest BCUT2D eigenvalue weighted by Crippen LogP contribution is 2.42. The lowest BCUT2D eigenvalue weighted by atomic mass is 10.0. The summed E-state index contributed by atoms with van der Waals surface area (Å²) in [5.41, 5.74) is 3.75. The van der Waals surface area contributed by atoms with E-state index in [-0.39, 0.29) is 6.10 Å². The molecule has 0 aliphatic heterocycles. The van der Waals surface area contributed by atoms with Gasteiger partial charge in [0.05, 0.1) is 0 Å². The fourth-order valence-corrected chi connectivity index (χ4v) is 2.85. The van der Waals surface area contributed by atoms with Gasteiger partial charge in [-0.2, -0.15) is 0 Å². The molecule has 1 fully saturated rings. The van der Waals surface area contributed by atoms with Crippen molar-refractivity contribution in [3.63, 3.8) is 0 Å². The maximum absolute atomic E-state index is 5.93. The molecule has 4 heteroatoms. The van der Waals surface area contributed by atoms with Crippen LogP contribution in [0.1, 0.15) is 62.5 Å². The van der Waals surface area contributed by atoms with E-state index in [9.17, 15) is 0 Å². The highest BCUT2D eigenvalue weighted by Gasteiger charge is 2.35.